The summed E-state index contributed by atoms with van der Waals surface area (Å²) in [5.41, 5.74) is 1.23. The van der Waals surface area contributed by atoms with Gasteiger partial charge in [0.1, 0.15) is 0 Å². The summed E-state index contributed by atoms with van der Waals surface area (Å²) >= 11 is 0. The normalized spacial score (nSPS) is 17.3. The predicted octanol–water partition coefficient (Wildman–Crippen LogP) is 3.43. The van der Waals surface area contributed by atoms with Crippen molar-refractivity contribution in [3.05, 3.63) is 48.4 Å². The highest BCUT2D eigenvalue weighted by Gasteiger charge is 2.25. The quantitative estimate of drug-likeness (QED) is 0.796. The van der Waals surface area contributed by atoms with Crippen molar-refractivity contribution in [2.24, 2.45) is 5.92 Å². The maximum Gasteiger partial charge on any atom is 0.322 e. The summed E-state index contributed by atoms with van der Waals surface area (Å²) in [5, 5.41) is 2.83. The highest BCUT2D eigenvalue weighted by molar-refractivity contribution is 5.95. The van der Waals surface area contributed by atoms with E-state index in [2.05, 4.69) is 15.3 Å². The van der Waals surface area contributed by atoms with Crippen molar-refractivity contribution in [3.8, 4) is 5.88 Å². The number of carbonyl (C=O) groups is 2. The number of aromatic nitrogens is 2. The number of piperazine rings is 1. The van der Waals surface area contributed by atoms with Gasteiger partial charge in [-0.05, 0) is 37.0 Å². The molecule has 0 radical (unpaired) electrons. The minimum Gasteiger partial charge on any atom is -0.477 e. The molecule has 1 aliphatic carbocycles. The summed E-state index contributed by atoms with van der Waals surface area (Å²) in [7, 11) is 0. The molecule has 0 aromatic carbocycles. The first-order valence-electron chi connectivity index (χ1n) is 11.0. The van der Waals surface area contributed by atoms with Crippen molar-refractivity contribution in [2.45, 2.75) is 32.1 Å². The van der Waals surface area contributed by atoms with Gasteiger partial charge < -0.3 is 19.9 Å². The molecule has 31 heavy (non-hydrogen) atoms. The number of hydrogen-bond acceptors (Lipinski definition) is 5. The van der Waals surface area contributed by atoms with E-state index >= 15 is 0 Å². The monoisotopic (exact) mass is 423 g/mol. The van der Waals surface area contributed by atoms with Crippen molar-refractivity contribution >= 4 is 17.6 Å². The number of nitrogens with zero attached hydrogens (tertiary/aromatic N) is 4. The van der Waals surface area contributed by atoms with E-state index in [4.69, 9.17) is 4.74 Å². The lowest BCUT2D eigenvalue weighted by Crippen LogP contribution is -2.51. The molecule has 1 saturated carbocycles. The molecule has 1 N–H and O–H groups in total. The van der Waals surface area contributed by atoms with Crippen LogP contribution < -0.4 is 10.1 Å². The van der Waals surface area contributed by atoms with Crippen LogP contribution in [-0.4, -0.2) is 64.5 Å². The zero-order valence-electron chi connectivity index (χ0n) is 17.7. The van der Waals surface area contributed by atoms with E-state index in [0.717, 1.165) is 0 Å². The fraction of sp³-hybridized carbons (Fsp3) is 0.478. The predicted molar refractivity (Wildman–Crippen MR) is 117 cm³/mol. The fourth-order valence-corrected chi connectivity index (χ4v) is 4.11. The molecule has 3 amide bonds. The Morgan fingerprint density at radius 2 is 1.81 bits per heavy atom. The van der Waals surface area contributed by atoms with Crippen LogP contribution in [0.5, 0.6) is 5.88 Å². The molecule has 2 aliphatic rings. The molecule has 3 heterocycles. The zero-order chi connectivity index (χ0) is 21.5. The van der Waals surface area contributed by atoms with E-state index < -0.39 is 0 Å². The standard InChI is InChI=1S/C23H29N5O3/c29-22(19-8-10-25-21(15-19)31-17-18-5-2-1-3-6-18)27-11-13-28(14-12-27)23(30)26-20-7-4-9-24-16-20/h4,7-10,15-16,18H,1-3,5-6,11-14,17H2,(H,26,30). The fourth-order valence-electron chi connectivity index (χ4n) is 4.11. The second-order valence-corrected chi connectivity index (χ2v) is 8.15. The Morgan fingerprint density at radius 3 is 2.55 bits per heavy atom. The number of anilines is 1. The minimum atomic E-state index is -0.178. The van der Waals surface area contributed by atoms with Crippen molar-refractivity contribution in [2.75, 3.05) is 38.1 Å². The van der Waals surface area contributed by atoms with Gasteiger partial charge in [-0.1, -0.05) is 19.3 Å². The van der Waals surface area contributed by atoms with Crippen LogP contribution in [-0.2, 0) is 0 Å². The molecule has 4 rings (SSSR count). The number of rotatable bonds is 5. The first-order chi connectivity index (χ1) is 15.2. The number of pyridine rings is 2. The van der Waals surface area contributed by atoms with Crippen molar-refractivity contribution in [1.29, 1.82) is 0 Å². The molecular formula is C23H29N5O3. The Labute approximate surface area is 182 Å². The Bertz CT molecular complexity index is 878. The lowest BCUT2D eigenvalue weighted by atomic mass is 9.90. The maximum absolute atomic E-state index is 12.9. The van der Waals surface area contributed by atoms with Gasteiger partial charge in [-0.25, -0.2) is 9.78 Å². The van der Waals surface area contributed by atoms with Gasteiger partial charge in [0, 0.05) is 50.2 Å². The Kier molecular flexibility index (Phi) is 6.96. The third-order valence-corrected chi connectivity index (χ3v) is 5.94. The smallest absolute Gasteiger partial charge is 0.322 e. The van der Waals surface area contributed by atoms with Crippen LogP contribution in [0.3, 0.4) is 0 Å². The topological polar surface area (TPSA) is 87.7 Å². The van der Waals surface area contributed by atoms with E-state index in [1.807, 2.05) is 0 Å². The molecule has 8 nitrogen and oxygen atoms in total. The zero-order valence-corrected chi connectivity index (χ0v) is 17.7. The van der Waals surface area contributed by atoms with Gasteiger partial charge in [0.15, 0.2) is 0 Å². The van der Waals surface area contributed by atoms with Crippen LogP contribution in [0, 0.1) is 5.92 Å². The van der Waals surface area contributed by atoms with E-state index in [1.165, 1.54) is 32.1 Å². The Balaban J connectivity index is 1.27. The molecule has 8 heteroatoms. The van der Waals surface area contributed by atoms with Crippen LogP contribution in [0.15, 0.2) is 42.9 Å². The average Bonchev–Trinajstić information content (AvgIpc) is 2.84. The molecule has 0 atom stereocenters. The molecule has 2 aromatic rings. The number of nitrogens with one attached hydrogen (secondary N) is 1. The summed E-state index contributed by atoms with van der Waals surface area (Å²) in [6, 6.07) is 6.84. The average molecular weight is 424 g/mol. The van der Waals surface area contributed by atoms with Gasteiger partial charge in [0.05, 0.1) is 18.5 Å². The van der Waals surface area contributed by atoms with Gasteiger partial charge in [0.25, 0.3) is 5.91 Å². The first-order valence-corrected chi connectivity index (χ1v) is 11.0. The molecule has 0 unspecified atom stereocenters. The van der Waals surface area contributed by atoms with E-state index in [0.29, 0.717) is 55.8 Å². The second kappa shape index (κ2) is 10.2. The number of amides is 3. The van der Waals surface area contributed by atoms with Gasteiger partial charge in [-0.15, -0.1) is 0 Å². The highest BCUT2D eigenvalue weighted by Crippen LogP contribution is 2.24. The SMILES string of the molecule is O=C(Nc1cccnc1)N1CCN(C(=O)c2ccnc(OCC3CCCCC3)c2)CC1. The maximum atomic E-state index is 12.9. The summed E-state index contributed by atoms with van der Waals surface area (Å²) in [6.07, 6.45) is 11.2. The molecule has 164 valence electrons. The molecule has 1 saturated heterocycles. The largest absolute Gasteiger partial charge is 0.477 e. The van der Waals surface area contributed by atoms with Gasteiger partial charge in [-0.3, -0.25) is 9.78 Å². The van der Waals surface area contributed by atoms with Crippen molar-refractivity contribution in [3.63, 3.8) is 0 Å². The van der Waals surface area contributed by atoms with Gasteiger partial charge >= 0.3 is 6.03 Å². The minimum absolute atomic E-state index is 0.0581. The summed E-state index contributed by atoms with van der Waals surface area (Å²) in [4.78, 5) is 37.1. The molecule has 2 fully saturated rings. The molecule has 1 aliphatic heterocycles. The lowest BCUT2D eigenvalue weighted by Gasteiger charge is -2.34. The summed E-state index contributed by atoms with van der Waals surface area (Å²) < 4.78 is 5.88. The van der Waals surface area contributed by atoms with Crippen LogP contribution in [0.4, 0.5) is 10.5 Å². The number of hydrogen-bond donors (Lipinski definition) is 1. The molecule has 0 bridgehead atoms. The van der Waals surface area contributed by atoms with Crippen molar-refractivity contribution in [1.82, 2.24) is 19.8 Å². The van der Waals surface area contributed by atoms with Crippen LogP contribution in [0.1, 0.15) is 42.5 Å². The molecule has 2 aromatic heterocycles. The third kappa shape index (κ3) is 5.71. The van der Waals surface area contributed by atoms with Crippen molar-refractivity contribution < 1.29 is 14.3 Å². The van der Waals surface area contributed by atoms with Crippen LogP contribution in [0.25, 0.3) is 0 Å². The van der Waals surface area contributed by atoms with Crippen LogP contribution in [0.2, 0.25) is 0 Å². The highest BCUT2D eigenvalue weighted by atomic mass is 16.5. The number of carbonyl (C=O) groups excluding carboxylic acids is 2. The number of ether oxygens (including phenoxy) is 1. The first kappa shape index (κ1) is 21.1. The Morgan fingerprint density at radius 1 is 1.03 bits per heavy atom. The van der Waals surface area contributed by atoms with E-state index in [1.54, 1.807) is 52.7 Å². The Hall–Kier alpha value is -3.16. The van der Waals surface area contributed by atoms with E-state index in [-0.39, 0.29) is 11.9 Å². The third-order valence-electron chi connectivity index (χ3n) is 5.94. The summed E-state index contributed by atoms with van der Waals surface area (Å²) in [5.74, 6) is 1.03. The lowest BCUT2D eigenvalue weighted by molar-refractivity contribution is 0.0671. The summed E-state index contributed by atoms with van der Waals surface area (Å²) in [6.45, 7) is 2.59. The molecule has 0 spiro atoms. The van der Waals surface area contributed by atoms with Gasteiger partial charge in [0.2, 0.25) is 5.88 Å². The second-order valence-electron chi connectivity index (χ2n) is 8.15. The van der Waals surface area contributed by atoms with Crippen LogP contribution >= 0.6 is 0 Å². The van der Waals surface area contributed by atoms with E-state index in [9.17, 15) is 9.59 Å². The number of urea groups is 1. The van der Waals surface area contributed by atoms with Gasteiger partial charge in [-0.2, -0.15) is 0 Å². The molecular weight excluding hydrogens is 394 g/mol.